The molecule has 2 bridgehead atoms. The molecule has 2 saturated heterocycles. The van der Waals surface area contributed by atoms with E-state index in [1.54, 1.807) is 24.8 Å². The van der Waals surface area contributed by atoms with Crippen LogP contribution < -0.4 is 10.1 Å². The van der Waals surface area contributed by atoms with Crippen molar-refractivity contribution in [3.63, 3.8) is 0 Å². The summed E-state index contributed by atoms with van der Waals surface area (Å²) in [5, 5.41) is 7.00. The largest absolute Gasteiger partial charge is 0.496 e. The summed E-state index contributed by atoms with van der Waals surface area (Å²) in [4.78, 5) is 47.3. The molecule has 2 aliphatic rings. The second-order valence-corrected chi connectivity index (χ2v) is 12.1. The van der Waals surface area contributed by atoms with Crippen molar-refractivity contribution in [2.45, 2.75) is 41.0 Å². The number of benzene rings is 1. The maximum atomic E-state index is 13.7. The number of thiazole rings is 1. The van der Waals surface area contributed by atoms with Crippen molar-refractivity contribution in [1.29, 1.82) is 0 Å². The van der Waals surface area contributed by atoms with Crippen molar-refractivity contribution in [2.75, 3.05) is 25.5 Å². The first-order valence-corrected chi connectivity index (χ1v) is 14.4. The zero-order valence-corrected chi connectivity index (χ0v) is 22.9. The van der Waals surface area contributed by atoms with Crippen LogP contribution in [0.25, 0.3) is 0 Å². The van der Waals surface area contributed by atoms with Crippen LogP contribution in [-0.2, 0) is 4.79 Å². The van der Waals surface area contributed by atoms with Gasteiger partial charge in [-0.1, -0.05) is 29.7 Å². The van der Waals surface area contributed by atoms with Crippen LogP contribution in [0.15, 0.2) is 56.9 Å². The number of hydrogen-bond acceptors (Lipinski definition) is 8. The molecule has 3 amide bonds. The van der Waals surface area contributed by atoms with Crippen molar-refractivity contribution in [3.8, 4) is 5.75 Å². The number of hydrogen-bond donors (Lipinski definition) is 1. The number of methoxy groups -OCH3 is 1. The van der Waals surface area contributed by atoms with Crippen molar-refractivity contribution >= 4 is 57.3 Å². The molecule has 8 nitrogen and oxygen atoms in total. The van der Waals surface area contributed by atoms with E-state index >= 15 is 0 Å². The third kappa shape index (κ3) is 5.16. The van der Waals surface area contributed by atoms with Gasteiger partial charge in [0.2, 0.25) is 5.91 Å². The molecule has 4 heterocycles. The van der Waals surface area contributed by atoms with Crippen LogP contribution in [0.1, 0.15) is 39.1 Å². The van der Waals surface area contributed by atoms with Crippen LogP contribution >= 0.6 is 34.4 Å². The van der Waals surface area contributed by atoms with Gasteiger partial charge >= 0.3 is 0 Å². The van der Waals surface area contributed by atoms with Crippen LogP contribution in [0, 0.1) is 6.92 Å². The Kier molecular flexibility index (Phi) is 7.36. The van der Waals surface area contributed by atoms with Crippen LogP contribution in [0.4, 0.5) is 5.13 Å². The fraction of sp³-hybridized carbons (Fsp3) is 0.308. The second-order valence-electron chi connectivity index (χ2n) is 8.92. The Morgan fingerprint density at radius 2 is 2.00 bits per heavy atom. The van der Waals surface area contributed by atoms with Crippen molar-refractivity contribution in [1.82, 2.24) is 14.8 Å². The van der Waals surface area contributed by atoms with E-state index in [1.165, 1.54) is 40.5 Å². The summed E-state index contributed by atoms with van der Waals surface area (Å²) in [5.41, 5.74) is 2.07. The molecule has 37 heavy (non-hydrogen) atoms. The zero-order valence-electron chi connectivity index (χ0n) is 20.4. The summed E-state index contributed by atoms with van der Waals surface area (Å²) in [6.45, 7) is 6.59. The van der Waals surface area contributed by atoms with Crippen molar-refractivity contribution in [2.24, 2.45) is 0 Å². The van der Waals surface area contributed by atoms with Crippen molar-refractivity contribution in [3.05, 3.63) is 64.5 Å². The van der Waals surface area contributed by atoms with Gasteiger partial charge < -0.3 is 14.5 Å². The lowest BCUT2D eigenvalue weighted by atomic mass is 10.1. The molecular weight excluding hydrogens is 529 g/mol. The molecule has 0 radical (unpaired) electrons. The fourth-order valence-electron chi connectivity index (χ4n) is 4.85. The molecular formula is C26H26N4O4S3. The van der Waals surface area contributed by atoms with Crippen LogP contribution in [0.2, 0.25) is 0 Å². The highest BCUT2D eigenvalue weighted by atomic mass is 32.2. The number of likely N-dealkylation sites (tertiary alicyclic amines) is 1. The quantitative estimate of drug-likeness (QED) is 0.417. The number of carbonyl (C=O) groups is 3. The number of rotatable bonds is 7. The predicted molar refractivity (Wildman–Crippen MR) is 146 cm³/mol. The lowest BCUT2D eigenvalue weighted by Gasteiger charge is -2.40. The maximum absolute atomic E-state index is 13.7. The summed E-state index contributed by atoms with van der Waals surface area (Å²) in [6, 6.07) is 5.54. The van der Waals surface area contributed by atoms with Gasteiger partial charge in [0.1, 0.15) is 5.75 Å². The van der Waals surface area contributed by atoms with E-state index in [-0.39, 0.29) is 29.8 Å². The minimum Gasteiger partial charge on any atom is -0.496 e. The number of piperazine rings is 1. The number of amides is 3. The highest BCUT2D eigenvalue weighted by molar-refractivity contribution is 8.01. The number of anilines is 1. The minimum absolute atomic E-state index is 0.0124. The number of thiophene rings is 1. The number of aromatic nitrogens is 1. The molecule has 0 spiro atoms. The zero-order chi connectivity index (χ0) is 26.1. The predicted octanol–water partition coefficient (Wildman–Crippen LogP) is 4.93. The molecule has 3 aromatic rings. The molecule has 0 saturated carbocycles. The molecule has 2 fully saturated rings. The SMILES string of the molecule is C=CC(=O)N1[C@@H]2CC[C@H]1CN(C(=O)c1cc(Sc3cnc(NC(=O)c4ccsc4)s3)c(C)cc1OC)C2. The molecule has 1 aromatic carbocycles. The maximum Gasteiger partial charge on any atom is 0.258 e. The highest BCUT2D eigenvalue weighted by Crippen LogP contribution is 2.39. The Hall–Kier alpha value is -3.15. The Morgan fingerprint density at radius 1 is 1.24 bits per heavy atom. The van der Waals surface area contributed by atoms with Crippen molar-refractivity contribution < 1.29 is 19.1 Å². The second kappa shape index (κ2) is 10.7. The van der Waals surface area contributed by atoms with Gasteiger partial charge in [-0.3, -0.25) is 19.7 Å². The third-order valence-corrected chi connectivity index (χ3v) is 9.48. The normalized spacial score (nSPS) is 18.5. The van der Waals surface area contributed by atoms with E-state index in [2.05, 4.69) is 16.9 Å². The highest BCUT2D eigenvalue weighted by Gasteiger charge is 2.43. The molecule has 2 aliphatic heterocycles. The summed E-state index contributed by atoms with van der Waals surface area (Å²) >= 11 is 4.34. The molecule has 0 unspecified atom stereocenters. The number of ether oxygens (including phenoxy) is 1. The van der Waals surface area contributed by atoms with Crippen LogP contribution in [-0.4, -0.2) is 64.8 Å². The molecule has 11 heteroatoms. The Labute approximate surface area is 227 Å². The lowest BCUT2D eigenvalue weighted by molar-refractivity contribution is -0.131. The van der Waals surface area contributed by atoms with Gasteiger partial charge in [0, 0.05) is 23.4 Å². The van der Waals surface area contributed by atoms with E-state index in [4.69, 9.17) is 4.74 Å². The molecule has 5 rings (SSSR count). The molecule has 192 valence electrons. The number of fused-ring (bicyclic) bond motifs is 2. The first-order valence-electron chi connectivity index (χ1n) is 11.8. The number of carbonyl (C=O) groups excluding carboxylic acids is 3. The fourth-order valence-corrected chi connectivity index (χ4v) is 7.42. The summed E-state index contributed by atoms with van der Waals surface area (Å²) in [6.07, 6.45) is 4.85. The average Bonchev–Trinajstić information content (AvgIpc) is 3.64. The van der Waals surface area contributed by atoms with E-state index in [9.17, 15) is 14.4 Å². The Bertz CT molecular complexity index is 1340. The molecule has 0 aliphatic carbocycles. The van der Waals surface area contributed by atoms with Gasteiger partial charge in [-0.25, -0.2) is 4.98 Å². The molecule has 2 atom stereocenters. The van der Waals surface area contributed by atoms with Crippen LogP contribution in [0.3, 0.4) is 0 Å². The number of nitrogens with zero attached hydrogens (tertiary/aromatic N) is 3. The lowest BCUT2D eigenvalue weighted by Crippen LogP contribution is -2.56. The van der Waals surface area contributed by atoms with Crippen LogP contribution in [0.5, 0.6) is 5.75 Å². The van der Waals surface area contributed by atoms with Gasteiger partial charge in [0.25, 0.3) is 11.8 Å². The molecule has 2 aromatic heterocycles. The first-order chi connectivity index (χ1) is 17.9. The number of nitrogens with one attached hydrogen (secondary N) is 1. The van der Waals surface area contributed by atoms with Gasteiger partial charge in [-0.05, 0) is 55.0 Å². The standard InChI is InChI=1S/C26H26N4O4S3/c1-4-22(31)30-17-5-6-18(30)13-29(12-17)25(33)19-10-21(15(2)9-20(19)34-3)36-23-11-27-26(37-23)28-24(32)16-7-8-35-14-16/h4,7-11,14,17-18H,1,5-6,12-13H2,2-3H3,(H,27,28,32)/t17-,18+. The van der Waals surface area contributed by atoms with Gasteiger partial charge in [-0.2, -0.15) is 11.3 Å². The van der Waals surface area contributed by atoms with Gasteiger partial charge in [-0.15, -0.1) is 0 Å². The smallest absolute Gasteiger partial charge is 0.258 e. The van der Waals surface area contributed by atoms with Gasteiger partial charge in [0.15, 0.2) is 5.13 Å². The number of aryl methyl sites for hydroxylation is 1. The average molecular weight is 555 g/mol. The van der Waals surface area contributed by atoms with E-state index in [1.807, 2.05) is 34.2 Å². The van der Waals surface area contributed by atoms with E-state index < -0.39 is 0 Å². The Balaban J connectivity index is 1.33. The topological polar surface area (TPSA) is 91.8 Å². The Morgan fingerprint density at radius 3 is 2.65 bits per heavy atom. The first kappa shape index (κ1) is 25.5. The summed E-state index contributed by atoms with van der Waals surface area (Å²) in [7, 11) is 1.56. The summed E-state index contributed by atoms with van der Waals surface area (Å²) < 4.78 is 6.47. The monoisotopic (exact) mass is 554 g/mol. The molecule has 1 N–H and O–H groups in total. The van der Waals surface area contributed by atoms with Gasteiger partial charge in [0.05, 0.1) is 40.7 Å². The third-order valence-electron chi connectivity index (χ3n) is 6.62. The minimum atomic E-state index is -0.190. The summed E-state index contributed by atoms with van der Waals surface area (Å²) in [5.74, 6) is 0.164. The van der Waals surface area contributed by atoms with E-state index in [0.29, 0.717) is 35.1 Å². The van der Waals surface area contributed by atoms with E-state index in [0.717, 1.165) is 27.5 Å².